The van der Waals surface area contributed by atoms with Crippen molar-refractivity contribution in [3.63, 3.8) is 0 Å². The Labute approximate surface area is 89.7 Å². The molecule has 1 atom stereocenters. The minimum Gasteiger partial charge on any atom is -0.508 e. The number of carbonyl (C=O) groups excluding carboxylic acids is 1. The molecule has 0 aliphatic heterocycles. The summed E-state index contributed by atoms with van der Waals surface area (Å²) in [5.41, 5.74) is 0.846. The van der Waals surface area contributed by atoms with E-state index in [9.17, 15) is 4.79 Å². The first kappa shape index (κ1) is 11.6. The molecule has 0 radical (unpaired) electrons. The lowest BCUT2D eigenvalue weighted by Crippen LogP contribution is -2.17. The molecule has 1 aromatic rings. The van der Waals surface area contributed by atoms with Crippen molar-refractivity contribution in [2.45, 2.75) is 32.8 Å². The lowest BCUT2D eigenvalue weighted by molar-refractivity contribution is -0.148. The number of hydrogen-bond donors (Lipinski definition) is 1. The fourth-order valence-electron chi connectivity index (χ4n) is 1.23. The van der Waals surface area contributed by atoms with E-state index in [1.165, 1.54) is 0 Å². The molecule has 82 valence electrons. The average molecular weight is 208 g/mol. The lowest BCUT2D eigenvalue weighted by Gasteiger charge is -2.13. The van der Waals surface area contributed by atoms with Crippen molar-refractivity contribution in [3.05, 3.63) is 29.8 Å². The zero-order valence-electron chi connectivity index (χ0n) is 9.23. The molecular formula is C12H16O3. The summed E-state index contributed by atoms with van der Waals surface area (Å²) in [6, 6.07) is 6.58. The van der Waals surface area contributed by atoms with Gasteiger partial charge in [-0.3, -0.25) is 4.79 Å². The molecule has 15 heavy (non-hydrogen) atoms. The first-order chi connectivity index (χ1) is 7.00. The van der Waals surface area contributed by atoms with Crippen molar-refractivity contribution in [2.75, 3.05) is 0 Å². The van der Waals surface area contributed by atoms with Gasteiger partial charge in [0, 0.05) is 0 Å². The fourth-order valence-corrected chi connectivity index (χ4v) is 1.23. The van der Waals surface area contributed by atoms with E-state index in [0.717, 1.165) is 5.56 Å². The molecule has 1 aromatic carbocycles. The molecule has 0 aliphatic carbocycles. The molecule has 1 N–H and O–H groups in total. The first-order valence-electron chi connectivity index (χ1n) is 5.00. The van der Waals surface area contributed by atoms with Crippen LogP contribution < -0.4 is 0 Å². The molecule has 3 heteroatoms. The molecule has 0 unspecified atom stereocenters. The Morgan fingerprint density at radius 1 is 1.20 bits per heavy atom. The SMILES string of the molecule is CC(C)OC(=O)[C@@H](C)c1ccc(O)cc1. The van der Waals surface area contributed by atoms with E-state index in [1.54, 1.807) is 31.2 Å². The topological polar surface area (TPSA) is 46.5 Å². The Morgan fingerprint density at radius 2 is 1.73 bits per heavy atom. The Hall–Kier alpha value is -1.51. The van der Waals surface area contributed by atoms with Gasteiger partial charge in [0.2, 0.25) is 0 Å². The summed E-state index contributed by atoms with van der Waals surface area (Å²) in [4.78, 5) is 11.6. The summed E-state index contributed by atoms with van der Waals surface area (Å²) in [5.74, 6) is -0.341. The highest BCUT2D eigenvalue weighted by atomic mass is 16.5. The minimum atomic E-state index is -0.298. The van der Waals surface area contributed by atoms with Gasteiger partial charge in [-0.2, -0.15) is 0 Å². The Bertz CT molecular complexity index is 327. The first-order valence-corrected chi connectivity index (χ1v) is 5.00. The summed E-state index contributed by atoms with van der Waals surface area (Å²) < 4.78 is 5.10. The van der Waals surface area contributed by atoms with Gasteiger partial charge in [-0.1, -0.05) is 12.1 Å². The van der Waals surface area contributed by atoms with E-state index in [2.05, 4.69) is 0 Å². The number of carbonyl (C=O) groups is 1. The van der Waals surface area contributed by atoms with Crippen molar-refractivity contribution in [2.24, 2.45) is 0 Å². The number of benzene rings is 1. The predicted molar refractivity (Wildman–Crippen MR) is 57.7 cm³/mol. The number of phenols is 1. The van der Waals surface area contributed by atoms with Crippen LogP contribution in [-0.2, 0) is 9.53 Å². The number of ether oxygens (including phenoxy) is 1. The Kier molecular flexibility index (Phi) is 3.72. The third kappa shape index (κ3) is 3.27. The van der Waals surface area contributed by atoms with Gasteiger partial charge in [0.15, 0.2) is 0 Å². The van der Waals surface area contributed by atoms with Gasteiger partial charge in [-0.25, -0.2) is 0 Å². The van der Waals surface area contributed by atoms with Crippen molar-refractivity contribution in [1.82, 2.24) is 0 Å². The highest BCUT2D eigenvalue weighted by Gasteiger charge is 2.17. The zero-order valence-corrected chi connectivity index (χ0v) is 9.23. The van der Waals surface area contributed by atoms with E-state index in [1.807, 2.05) is 13.8 Å². The predicted octanol–water partition coefficient (Wildman–Crippen LogP) is 2.45. The van der Waals surface area contributed by atoms with Crippen LogP contribution in [0.1, 0.15) is 32.3 Å². The second kappa shape index (κ2) is 4.82. The van der Waals surface area contributed by atoms with E-state index in [4.69, 9.17) is 9.84 Å². The van der Waals surface area contributed by atoms with E-state index in [-0.39, 0.29) is 23.7 Å². The fraction of sp³-hybridized carbons (Fsp3) is 0.417. The highest BCUT2D eigenvalue weighted by molar-refractivity contribution is 5.77. The van der Waals surface area contributed by atoms with Crippen molar-refractivity contribution < 1.29 is 14.6 Å². The van der Waals surface area contributed by atoms with Crippen LogP contribution in [0.4, 0.5) is 0 Å². The van der Waals surface area contributed by atoms with Gasteiger partial charge in [0.05, 0.1) is 12.0 Å². The zero-order chi connectivity index (χ0) is 11.4. The summed E-state index contributed by atoms with van der Waals surface area (Å²) in [5, 5.41) is 9.11. The number of phenolic OH excluding ortho intramolecular Hbond substituents is 1. The van der Waals surface area contributed by atoms with Crippen molar-refractivity contribution >= 4 is 5.97 Å². The molecule has 0 aromatic heterocycles. The van der Waals surface area contributed by atoms with Crippen LogP contribution in [0.25, 0.3) is 0 Å². The molecule has 0 heterocycles. The number of aromatic hydroxyl groups is 1. The third-order valence-electron chi connectivity index (χ3n) is 2.10. The van der Waals surface area contributed by atoms with Crippen LogP contribution in [0.15, 0.2) is 24.3 Å². The van der Waals surface area contributed by atoms with Crippen LogP contribution in [0, 0.1) is 0 Å². The summed E-state index contributed by atoms with van der Waals surface area (Å²) in [6.07, 6.45) is -0.0999. The molecule has 0 saturated carbocycles. The average Bonchev–Trinajstić information content (AvgIpc) is 2.17. The van der Waals surface area contributed by atoms with E-state index in [0.29, 0.717) is 0 Å². The molecule has 0 amide bonds. The minimum absolute atomic E-state index is 0.0999. The second-order valence-electron chi connectivity index (χ2n) is 3.80. The third-order valence-corrected chi connectivity index (χ3v) is 2.10. The summed E-state index contributed by atoms with van der Waals surface area (Å²) in [7, 11) is 0. The van der Waals surface area contributed by atoms with Crippen LogP contribution in [0.2, 0.25) is 0 Å². The van der Waals surface area contributed by atoms with Crippen LogP contribution in [0.3, 0.4) is 0 Å². The summed E-state index contributed by atoms with van der Waals surface area (Å²) >= 11 is 0. The molecular weight excluding hydrogens is 192 g/mol. The van der Waals surface area contributed by atoms with E-state index < -0.39 is 0 Å². The van der Waals surface area contributed by atoms with Gasteiger partial charge in [0.1, 0.15) is 5.75 Å². The largest absolute Gasteiger partial charge is 0.508 e. The van der Waals surface area contributed by atoms with Gasteiger partial charge in [0.25, 0.3) is 0 Å². The Morgan fingerprint density at radius 3 is 2.20 bits per heavy atom. The van der Waals surface area contributed by atoms with E-state index >= 15 is 0 Å². The summed E-state index contributed by atoms with van der Waals surface area (Å²) in [6.45, 7) is 5.43. The quantitative estimate of drug-likeness (QED) is 0.776. The monoisotopic (exact) mass is 208 g/mol. The van der Waals surface area contributed by atoms with Crippen LogP contribution >= 0.6 is 0 Å². The molecule has 0 aliphatic rings. The maximum atomic E-state index is 11.6. The Balaban J connectivity index is 2.71. The molecule has 0 saturated heterocycles. The second-order valence-corrected chi connectivity index (χ2v) is 3.80. The molecule has 3 nitrogen and oxygen atoms in total. The maximum Gasteiger partial charge on any atom is 0.313 e. The normalized spacial score (nSPS) is 12.5. The standard InChI is InChI=1S/C12H16O3/c1-8(2)15-12(14)9(3)10-4-6-11(13)7-5-10/h4-9,13H,1-3H3/t9-/m0/s1. The number of hydrogen-bond acceptors (Lipinski definition) is 3. The smallest absolute Gasteiger partial charge is 0.313 e. The molecule has 0 fully saturated rings. The van der Waals surface area contributed by atoms with Crippen LogP contribution in [-0.4, -0.2) is 17.2 Å². The van der Waals surface area contributed by atoms with Gasteiger partial charge >= 0.3 is 5.97 Å². The molecule has 0 bridgehead atoms. The van der Waals surface area contributed by atoms with Crippen LogP contribution in [0.5, 0.6) is 5.75 Å². The van der Waals surface area contributed by atoms with Crippen molar-refractivity contribution in [1.29, 1.82) is 0 Å². The van der Waals surface area contributed by atoms with Gasteiger partial charge in [-0.15, -0.1) is 0 Å². The molecule has 0 spiro atoms. The molecule has 1 rings (SSSR count). The number of rotatable bonds is 3. The highest BCUT2D eigenvalue weighted by Crippen LogP contribution is 2.20. The lowest BCUT2D eigenvalue weighted by atomic mass is 10.0. The van der Waals surface area contributed by atoms with Crippen molar-refractivity contribution in [3.8, 4) is 5.75 Å². The van der Waals surface area contributed by atoms with Gasteiger partial charge < -0.3 is 9.84 Å². The maximum absolute atomic E-state index is 11.6. The number of esters is 1. The van der Waals surface area contributed by atoms with Gasteiger partial charge in [-0.05, 0) is 38.5 Å².